The molecule has 184 valence electrons. The van der Waals surface area contributed by atoms with E-state index in [4.69, 9.17) is 34.8 Å². The van der Waals surface area contributed by atoms with Crippen LogP contribution in [0.4, 0.5) is 0 Å². The van der Waals surface area contributed by atoms with E-state index < -0.39 is 6.04 Å². The van der Waals surface area contributed by atoms with Crippen LogP contribution in [0.1, 0.15) is 25.0 Å². The summed E-state index contributed by atoms with van der Waals surface area (Å²) in [5, 5.41) is 4.45. The van der Waals surface area contributed by atoms with Crippen LogP contribution < -0.4 is 5.32 Å². The summed E-state index contributed by atoms with van der Waals surface area (Å²) in [6.07, 6.45) is 0.387. The van der Waals surface area contributed by atoms with Gasteiger partial charge >= 0.3 is 0 Å². The Labute approximate surface area is 225 Å². The molecule has 3 aromatic carbocycles. The highest BCUT2D eigenvalue weighted by molar-refractivity contribution is 8.00. The van der Waals surface area contributed by atoms with E-state index in [1.807, 2.05) is 62.4 Å². The first kappa shape index (κ1) is 27.4. The van der Waals surface area contributed by atoms with Crippen molar-refractivity contribution in [3.05, 3.63) is 99.0 Å². The maximum Gasteiger partial charge on any atom is 0.243 e. The van der Waals surface area contributed by atoms with Crippen LogP contribution in [0, 0.1) is 0 Å². The number of amides is 2. The minimum absolute atomic E-state index is 0.0638. The quantitative estimate of drug-likeness (QED) is 0.280. The highest BCUT2D eigenvalue weighted by Gasteiger charge is 2.30. The Bertz CT molecular complexity index is 1140. The average molecular weight is 550 g/mol. The molecule has 1 atom stereocenters. The van der Waals surface area contributed by atoms with Gasteiger partial charge in [0.15, 0.2) is 0 Å². The number of hydrogen-bond donors (Lipinski definition) is 1. The van der Waals surface area contributed by atoms with Crippen molar-refractivity contribution in [2.24, 2.45) is 0 Å². The molecule has 3 rings (SSSR count). The van der Waals surface area contributed by atoms with Gasteiger partial charge in [-0.05, 0) is 61.4 Å². The summed E-state index contributed by atoms with van der Waals surface area (Å²) in [5.74, 6) is -0.187. The second-order valence-corrected chi connectivity index (χ2v) is 10.7. The maximum atomic E-state index is 13.6. The highest BCUT2D eigenvalue weighted by atomic mass is 35.5. The van der Waals surface area contributed by atoms with E-state index in [1.165, 1.54) is 11.8 Å². The standard InChI is InChI=1S/C27H27Cl3N2O2S/c1-18(2)31-27(34)25(15-19-6-4-3-5-7-19)32(16-20-8-13-23(29)24(30)14-20)26(33)17-35-22-11-9-21(28)10-12-22/h3-14,18,25H,15-17H2,1-2H3,(H,31,34)/t25-/m0/s1. The van der Waals surface area contributed by atoms with Crippen molar-refractivity contribution >= 4 is 58.4 Å². The van der Waals surface area contributed by atoms with Crippen LogP contribution in [0.25, 0.3) is 0 Å². The van der Waals surface area contributed by atoms with Gasteiger partial charge in [-0.25, -0.2) is 0 Å². The van der Waals surface area contributed by atoms with Crippen LogP contribution in [-0.2, 0) is 22.6 Å². The molecular weight excluding hydrogens is 523 g/mol. The second kappa shape index (κ2) is 13.2. The normalized spacial score (nSPS) is 11.8. The van der Waals surface area contributed by atoms with Gasteiger partial charge in [0.2, 0.25) is 11.8 Å². The Balaban J connectivity index is 1.92. The van der Waals surface area contributed by atoms with Crippen LogP contribution in [0.2, 0.25) is 15.1 Å². The molecule has 3 aromatic rings. The molecule has 0 fully saturated rings. The topological polar surface area (TPSA) is 49.4 Å². The van der Waals surface area contributed by atoms with E-state index in [9.17, 15) is 9.59 Å². The summed E-state index contributed by atoms with van der Waals surface area (Å²) in [6, 6.07) is 21.5. The summed E-state index contributed by atoms with van der Waals surface area (Å²) in [4.78, 5) is 29.5. The van der Waals surface area contributed by atoms with E-state index in [1.54, 1.807) is 29.2 Å². The molecule has 0 aliphatic rings. The number of thioether (sulfide) groups is 1. The number of carbonyl (C=O) groups excluding carboxylic acids is 2. The Morgan fingerprint density at radius 1 is 0.886 bits per heavy atom. The minimum atomic E-state index is -0.701. The number of benzene rings is 3. The van der Waals surface area contributed by atoms with Gasteiger partial charge in [0.25, 0.3) is 0 Å². The van der Waals surface area contributed by atoms with Gasteiger partial charge in [0.05, 0.1) is 15.8 Å². The van der Waals surface area contributed by atoms with Gasteiger partial charge in [-0.3, -0.25) is 9.59 Å². The number of halogens is 3. The molecule has 0 bridgehead atoms. The Morgan fingerprint density at radius 3 is 2.20 bits per heavy atom. The average Bonchev–Trinajstić information content (AvgIpc) is 2.83. The van der Waals surface area contributed by atoms with Crippen molar-refractivity contribution in [2.75, 3.05) is 5.75 Å². The van der Waals surface area contributed by atoms with Gasteiger partial charge < -0.3 is 10.2 Å². The van der Waals surface area contributed by atoms with Crippen LogP contribution in [0.15, 0.2) is 77.7 Å². The van der Waals surface area contributed by atoms with Gasteiger partial charge in [0, 0.05) is 28.9 Å². The molecule has 0 spiro atoms. The molecule has 0 aliphatic heterocycles. The molecule has 0 aliphatic carbocycles. The van der Waals surface area contributed by atoms with Gasteiger partial charge in [-0.15, -0.1) is 11.8 Å². The van der Waals surface area contributed by atoms with Crippen LogP contribution in [0.5, 0.6) is 0 Å². The number of rotatable bonds is 10. The van der Waals surface area contributed by atoms with E-state index in [0.717, 1.165) is 16.0 Å². The van der Waals surface area contributed by atoms with Crippen LogP contribution in [0.3, 0.4) is 0 Å². The molecule has 2 amide bonds. The molecule has 1 N–H and O–H groups in total. The molecule has 4 nitrogen and oxygen atoms in total. The fourth-order valence-electron chi connectivity index (χ4n) is 3.53. The zero-order valence-electron chi connectivity index (χ0n) is 19.5. The van der Waals surface area contributed by atoms with Gasteiger partial charge in [-0.1, -0.05) is 71.2 Å². The van der Waals surface area contributed by atoms with E-state index in [0.29, 0.717) is 21.5 Å². The van der Waals surface area contributed by atoms with Crippen LogP contribution in [-0.4, -0.2) is 34.6 Å². The van der Waals surface area contributed by atoms with Crippen molar-refractivity contribution in [3.8, 4) is 0 Å². The molecule has 0 radical (unpaired) electrons. The zero-order chi connectivity index (χ0) is 25.4. The maximum absolute atomic E-state index is 13.6. The molecule has 0 saturated carbocycles. The zero-order valence-corrected chi connectivity index (χ0v) is 22.6. The lowest BCUT2D eigenvalue weighted by Crippen LogP contribution is -2.52. The van der Waals surface area contributed by atoms with E-state index in [2.05, 4.69) is 5.32 Å². The highest BCUT2D eigenvalue weighted by Crippen LogP contribution is 2.26. The fourth-order valence-corrected chi connectivity index (χ4v) is 4.76. The second-order valence-electron chi connectivity index (χ2n) is 8.38. The SMILES string of the molecule is CC(C)NC(=O)[C@H](Cc1ccccc1)N(Cc1ccc(Cl)c(Cl)c1)C(=O)CSc1ccc(Cl)cc1. The fraction of sp³-hybridized carbons (Fsp3) is 0.259. The predicted octanol–water partition coefficient (Wildman–Crippen LogP) is 6.90. The molecule has 35 heavy (non-hydrogen) atoms. The third-order valence-corrected chi connectivity index (χ3v) is 7.20. The van der Waals surface area contributed by atoms with Gasteiger partial charge in [0.1, 0.15) is 6.04 Å². The minimum Gasteiger partial charge on any atom is -0.352 e. The predicted molar refractivity (Wildman–Crippen MR) is 146 cm³/mol. The summed E-state index contributed by atoms with van der Waals surface area (Å²) >= 11 is 19.7. The first-order valence-corrected chi connectivity index (χ1v) is 13.3. The first-order valence-electron chi connectivity index (χ1n) is 11.2. The van der Waals surface area contributed by atoms with E-state index in [-0.39, 0.29) is 30.2 Å². The van der Waals surface area contributed by atoms with Crippen molar-refractivity contribution in [1.29, 1.82) is 0 Å². The number of hydrogen-bond acceptors (Lipinski definition) is 3. The summed E-state index contributed by atoms with van der Waals surface area (Å²) < 4.78 is 0. The number of carbonyl (C=O) groups is 2. The largest absolute Gasteiger partial charge is 0.352 e. The molecule has 8 heteroatoms. The van der Waals surface area contributed by atoms with Crippen molar-refractivity contribution in [3.63, 3.8) is 0 Å². The smallest absolute Gasteiger partial charge is 0.243 e. The number of nitrogens with zero attached hydrogens (tertiary/aromatic N) is 1. The monoisotopic (exact) mass is 548 g/mol. The molecule has 0 heterocycles. The van der Waals surface area contributed by atoms with Crippen molar-refractivity contribution in [1.82, 2.24) is 10.2 Å². The number of nitrogens with one attached hydrogen (secondary N) is 1. The molecule has 0 saturated heterocycles. The molecule has 0 aromatic heterocycles. The third kappa shape index (κ3) is 8.46. The lowest BCUT2D eigenvalue weighted by Gasteiger charge is -2.32. The Morgan fingerprint density at radius 2 is 1.57 bits per heavy atom. The third-order valence-electron chi connectivity index (χ3n) is 5.21. The lowest BCUT2D eigenvalue weighted by molar-refractivity contribution is -0.139. The summed E-state index contributed by atoms with van der Waals surface area (Å²) in [7, 11) is 0. The Kier molecular flexibility index (Phi) is 10.4. The summed E-state index contributed by atoms with van der Waals surface area (Å²) in [6.45, 7) is 4.03. The molecule has 0 unspecified atom stereocenters. The Hall–Kier alpha value is -2.18. The lowest BCUT2D eigenvalue weighted by atomic mass is 10.0. The van der Waals surface area contributed by atoms with Crippen LogP contribution >= 0.6 is 46.6 Å². The van der Waals surface area contributed by atoms with E-state index >= 15 is 0 Å². The molecular formula is C27H27Cl3N2O2S. The van der Waals surface area contributed by atoms with Crippen molar-refractivity contribution < 1.29 is 9.59 Å². The first-order chi connectivity index (χ1) is 16.7. The van der Waals surface area contributed by atoms with Gasteiger partial charge in [-0.2, -0.15) is 0 Å². The summed E-state index contributed by atoms with van der Waals surface area (Å²) in [5.41, 5.74) is 1.76. The van der Waals surface area contributed by atoms with Crippen molar-refractivity contribution in [2.45, 2.75) is 43.8 Å².